The zero-order valence-electron chi connectivity index (χ0n) is 9.79. The van der Waals surface area contributed by atoms with Crippen molar-refractivity contribution < 1.29 is 9.84 Å². The van der Waals surface area contributed by atoms with Gasteiger partial charge >= 0.3 is 0 Å². The average Bonchev–Trinajstić information content (AvgIpc) is 2.30. The number of aliphatic hydroxyl groups excluding tert-OH is 1. The largest absolute Gasteiger partial charge is 0.396 e. The van der Waals surface area contributed by atoms with Crippen LogP contribution >= 0.6 is 11.6 Å². The normalized spacial score (nSPS) is 17.8. The molecule has 0 amide bonds. The number of rotatable bonds is 6. The molecule has 2 rings (SSSR count). The highest BCUT2D eigenvalue weighted by atomic mass is 35.5. The molecule has 0 atom stereocenters. The Balaban J connectivity index is 1.67. The molecule has 1 aliphatic heterocycles. The minimum absolute atomic E-state index is 0.0417. The summed E-state index contributed by atoms with van der Waals surface area (Å²) in [6.07, 6.45) is 0.972. The Labute approximate surface area is 107 Å². The Morgan fingerprint density at radius 3 is 2.53 bits per heavy atom. The van der Waals surface area contributed by atoms with Crippen LogP contribution in [0.2, 0.25) is 5.02 Å². The lowest BCUT2D eigenvalue weighted by Gasteiger charge is -2.40. The monoisotopic (exact) mass is 255 g/mol. The van der Waals surface area contributed by atoms with Crippen LogP contribution in [0.15, 0.2) is 24.3 Å². The lowest BCUT2D eigenvalue weighted by atomic mass is 9.87. The topological polar surface area (TPSA) is 41.5 Å². The molecule has 4 heteroatoms. The van der Waals surface area contributed by atoms with Crippen LogP contribution in [-0.2, 0) is 11.2 Å². The van der Waals surface area contributed by atoms with E-state index >= 15 is 0 Å². The van der Waals surface area contributed by atoms with Crippen molar-refractivity contribution in [2.45, 2.75) is 6.42 Å². The zero-order valence-corrected chi connectivity index (χ0v) is 10.5. The highest BCUT2D eigenvalue weighted by molar-refractivity contribution is 6.30. The van der Waals surface area contributed by atoms with Crippen molar-refractivity contribution in [3.63, 3.8) is 0 Å². The summed E-state index contributed by atoms with van der Waals surface area (Å²) in [6.45, 7) is 3.25. The van der Waals surface area contributed by atoms with Crippen molar-refractivity contribution >= 4 is 11.6 Å². The highest BCUT2D eigenvalue weighted by Gasteiger charge is 2.37. The maximum atomic E-state index is 9.25. The second kappa shape index (κ2) is 5.83. The number of ether oxygens (including phenoxy) is 1. The van der Waals surface area contributed by atoms with Gasteiger partial charge in [0.2, 0.25) is 0 Å². The van der Waals surface area contributed by atoms with Crippen molar-refractivity contribution in [2.24, 2.45) is 5.41 Å². The van der Waals surface area contributed by atoms with Gasteiger partial charge in [0.05, 0.1) is 25.2 Å². The molecule has 2 N–H and O–H groups in total. The Morgan fingerprint density at radius 2 is 2.00 bits per heavy atom. The fourth-order valence-corrected chi connectivity index (χ4v) is 2.00. The van der Waals surface area contributed by atoms with Crippen LogP contribution in [0.5, 0.6) is 0 Å². The summed E-state index contributed by atoms with van der Waals surface area (Å²) >= 11 is 5.82. The van der Waals surface area contributed by atoms with Gasteiger partial charge in [-0.1, -0.05) is 23.7 Å². The molecule has 1 aliphatic rings. The van der Waals surface area contributed by atoms with Crippen molar-refractivity contribution in [1.29, 1.82) is 0 Å². The van der Waals surface area contributed by atoms with Crippen molar-refractivity contribution in [3.8, 4) is 0 Å². The number of benzene rings is 1. The number of nitrogens with one attached hydrogen (secondary N) is 1. The summed E-state index contributed by atoms with van der Waals surface area (Å²) in [5.41, 5.74) is 1.23. The van der Waals surface area contributed by atoms with Gasteiger partial charge in [0.25, 0.3) is 0 Å². The Bertz CT molecular complexity index is 343. The molecule has 0 bridgehead atoms. The van der Waals surface area contributed by atoms with Gasteiger partial charge in [-0.05, 0) is 30.7 Å². The lowest BCUT2D eigenvalue weighted by Crippen LogP contribution is -2.52. The molecule has 1 aromatic carbocycles. The van der Waals surface area contributed by atoms with Crippen LogP contribution in [0.25, 0.3) is 0 Å². The van der Waals surface area contributed by atoms with Crippen LogP contribution < -0.4 is 5.32 Å². The molecule has 1 heterocycles. The van der Waals surface area contributed by atoms with Gasteiger partial charge in [0, 0.05) is 11.6 Å². The van der Waals surface area contributed by atoms with E-state index in [4.69, 9.17) is 16.3 Å². The van der Waals surface area contributed by atoms with E-state index in [9.17, 15) is 5.11 Å². The van der Waals surface area contributed by atoms with Crippen molar-refractivity contribution in [3.05, 3.63) is 34.9 Å². The third kappa shape index (κ3) is 3.42. The van der Waals surface area contributed by atoms with Crippen LogP contribution in [0.1, 0.15) is 5.56 Å². The summed E-state index contributed by atoms with van der Waals surface area (Å²) in [5.74, 6) is 0. The Kier molecular flexibility index (Phi) is 4.40. The minimum atomic E-state index is -0.0417. The number of hydrogen-bond acceptors (Lipinski definition) is 3. The standard InChI is InChI=1S/C13H18ClNO2/c14-12-3-1-11(2-4-12)5-6-15-7-13(8-16)9-17-10-13/h1-4,15-16H,5-10H2. The third-order valence-electron chi connectivity index (χ3n) is 3.16. The third-order valence-corrected chi connectivity index (χ3v) is 3.41. The van der Waals surface area contributed by atoms with Gasteiger partial charge in [-0.2, -0.15) is 0 Å². The van der Waals surface area contributed by atoms with Crippen LogP contribution in [0.3, 0.4) is 0 Å². The minimum Gasteiger partial charge on any atom is -0.396 e. The number of halogens is 1. The quantitative estimate of drug-likeness (QED) is 0.757. The molecular weight excluding hydrogens is 238 g/mol. The second-order valence-electron chi connectivity index (χ2n) is 4.70. The van der Waals surface area contributed by atoms with E-state index in [1.165, 1.54) is 5.56 Å². The first-order valence-electron chi connectivity index (χ1n) is 5.88. The molecule has 0 saturated carbocycles. The fraction of sp³-hybridized carbons (Fsp3) is 0.538. The van der Waals surface area contributed by atoms with Crippen LogP contribution in [0, 0.1) is 5.41 Å². The molecule has 0 aromatic heterocycles. The smallest absolute Gasteiger partial charge is 0.0579 e. The van der Waals surface area contributed by atoms with Crippen molar-refractivity contribution in [2.75, 3.05) is 32.9 Å². The summed E-state index contributed by atoms with van der Waals surface area (Å²) in [7, 11) is 0. The first-order valence-corrected chi connectivity index (χ1v) is 6.26. The fourth-order valence-electron chi connectivity index (χ4n) is 1.88. The van der Waals surface area contributed by atoms with Crippen molar-refractivity contribution in [1.82, 2.24) is 5.32 Å². The highest BCUT2D eigenvalue weighted by Crippen LogP contribution is 2.25. The number of hydrogen-bond donors (Lipinski definition) is 2. The number of aliphatic hydroxyl groups is 1. The van der Waals surface area contributed by atoms with Gasteiger partial charge in [0.15, 0.2) is 0 Å². The SMILES string of the molecule is OCC1(CNCCc2ccc(Cl)cc2)COC1. The summed E-state index contributed by atoms with van der Waals surface area (Å²) in [6, 6.07) is 7.90. The molecule has 3 nitrogen and oxygen atoms in total. The van der Waals surface area contributed by atoms with E-state index in [0.29, 0.717) is 13.2 Å². The van der Waals surface area contributed by atoms with Gasteiger partial charge in [-0.3, -0.25) is 0 Å². The molecule has 1 aromatic rings. The lowest BCUT2D eigenvalue weighted by molar-refractivity contribution is -0.134. The summed E-state index contributed by atoms with van der Waals surface area (Å²) in [4.78, 5) is 0. The predicted octanol–water partition coefficient (Wildman–Crippen LogP) is 1.48. The van der Waals surface area contributed by atoms with E-state index < -0.39 is 0 Å². The molecule has 0 unspecified atom stereocenters. The van der Waals surface area contributed by atoms with E-state index in [1.807, 2.05) is 24.3 Å². The summed E-state index contributed by atoms with van der Waals surface area (Å²) < 4.78 is 5.14. The van der Waals surface area contributed by atoms with Gasteiger partial charge < -0.3 is 15.2 Å². The average molecular weight is 256 g/mol. The van der Waals surface area contributed by atoms with Gasteiger partial charge in [-0.15, -0.1) is 0 Å². The van der Waals surface area contributed by atoms with Crippen LogP contribution in [-0.4, -0.2) is 38.0 Å². The van der Waals surface area contributed by atoms with Gasteiger partial charge in [-0.25, -0.2) is 0 Å². The molecule has 0 spiro atoms. The molecular formula is C13H18ClNO2. The Morgan fingerprint density at radius 1 is 1.29 bits per heavy atom. The first-order chi connectivity index (χ1) is 8.24. The Hall–Kier alpha value is -0.610. The molecule has 94 valence electrons. The molecule has 17 heavy (non-hydrogen) atoms. The van der Waals surface area contributed by atoms with E-state index in [0.717, 1.165) is 24.5 Å². The first kappa shape index (κ1) is 12.8. The summed E-state index contributed by atoms with van der Waals surface area (Å²) in [5, 5.41) is 13.4. The molecule has 0 radical (unpaired) electrons. The maximum absolute atomic E-state index is 9.25. The van der Waals surface area contributed by atoms with Crippen LogP contribution in [0.4, 0.5) is 0 Å². The van der Waals surface area contributed by atoms with Gasteiger partial charge in [0.1, 0.15) is 0 Å². The maximum Gasteiger partial charge on any atom is 0.0579 e. The predicted molar refractivity (Wildman–Crippen MR) is 68.4 cm³/mol. The second-order valence-corrected chi connectivity index (χ2v) is 5.14. The molecule has 0 aliphatic carbocycles. The zero-order chi connectivity index (χ0) is 12.1. The molecule has 1 saturated heterocycles. The van der Waals surface area contributed by atoms with E-state index in [1.54, 1.807) is 0 Å². The molecule has 1 fully saturated rings. The van der Waals surface area contributed by atoms with E-state index in [2.05, 4.69) is 5.32 Å². The van der Waals surface area contributed by atoms with E-state index in [-0.39, 0.29) is 12.0 Å².